The van der Waals surface area contributed by atoms with Crippen LogP contribution in [-0.2, 0) is 22.5 Å². The number of esters is 1. The third-order valence-electron chi connectivity index (χ3n) is 3.23. The Balaban J connectivity index is 1.91. The summed E-state index contributed by atoms with van der Waals surface area (Å²) >= 11 is 0. The average molecular weight is 313 g/mol. The molecule has 2 aromatic rings. The number of aromatic nitrogens is 1. The van der Waals surface area contributed by atoms with Crippen molar-refractivity contribution >= 4 is 12.0 Å². The van der Waals surface area contributed by atoms with Gasteiger partial charge < -0.3 is 15.4 Å². The normalized spacial score (nSPS) is 11.3. The van der Waals surface area contributed by atoms with E-state index in [4.69, 9.17) is 4.74 Å². The molecule has 1 atom stereocenters. The fraction of sp³-hybridized carbons (Fsp3) is 0.235. The molecule has 23 heavy (non-hydrogen) atoms. The molecule has 0 saturated heterocycles. The van der Waals surface area contributed by atoms with E-state index in [9.17, 15) is 9.59 Å². The first-order valence-corrected chi connectivity index (χ1v) is 7.25. The molecule has 1 heterocycles. The largest absolute Gasteiger partial charge is 0.467 e. The van der Waals surface area contributed by atoms with Gasteiger partial charge in [0.15, 0.2) is 0 Å². The Morgan fingerprint density at radius 3 is 2.52 bits per heavy atom. The van der Waals surface area contributed by atoms with Gasteiger partial charge in [-0.1, -0.05) is 36.4 Å². The van der Waals surface area contributed by atoms with Crippen molar-refractivity contribution < 1.29 is 14.3 Å². The number of hydrogen-bond donors (Lipinski definition) is 2. The zero-order valence-corrected chi connectivity index (χ0v) is 12.9. The number of pyridine rings is 1. The van der Waals surface area contributed by atoms with E-state index in [0.717, 1.165) is 11.3 Å². The highest BCUT2D eigenvalue weighted by Gasteiger charge is 2.21. The number of nitrogens with one attached hydrogen (secondary N) is 2. The zero-order valence-electron chi connectivity index (χ0n) is 12.9. The number of methoxy groups -OCH3 is 1. The summed E-state index contributed by atoms with van der Waals surface area (Å²) in [5.41, 5.74) is 1.67. The Labute approximate surface area is 134 Å². The lowest BCUT2D eigenvalue weighted by molar-refractivity contribution is -0.142. The standard InChI is InChI=1S/C17H19N3O3/c1-23-16(21)15(11-13-7-3-2-4-8-13)20-17(22)19-12-14-9-5-6-10-18-14/h2-10,15H,11-12H2,1H3,(H2,19,20,22)/t15-/m0/s1. The van der Waals surface area contributed by atoms with Crippen LogP contribution in [0.5, 0.6) is 0 Å². The van der Waals surface area contributed by atoms with Crippen LogP contribution in [0.15, 0.2) is 54.7 Å². The second-order valence-corrected chi connectivity index (χ2v) is 4.91. The van der Waals surface area contributed by atoms with Crippen molar-refractivity contribution in [2.24, 2.45) is 0 Å². The first-order chi connectivity index (χ1) is 11.2. The van der Waals surface area contributed by atoms with E-state index in [2.05, 4.69) is 15.6 Å². The summed E-state index contributed by atoms with van der Waals surface area (Å²) in [6.07, 6.45) is 2.02. The van der Waals surface area contributed by atoms with E-state index in [0.29, 0.717) is 6.42 Å². The van der Waals surface area contributed by atoms with Crippen LogP contribution >= 0.6 is 0 Å². The van der Waals surface area contributed by atoms with Crippen LogP contribution in [0.4, 0.5) is 4.79 Å². The predicted octanol–water partition coefficient (Wildman–Crippen LogP) is 1.67. The Morgan fingerprint density at radius 1 is 1.13 bits per heavy atom. The third-order valence-corrected chi connectivity index (χ3v) is 3.23. The molecule has 0 unspecified atom stereocenters. The maximum absolute atomic E-state index is 12.0. The van der Waals surface area contributed by atoms with Gasteiger partial charge in [0.25, 0.3) is 0 Å². The number of rotatable bonds is 6. The number of amides is 2. The quantitative estimate of drug-likeness (QED) is 0.795. The van der Waals surface area contributed by atoms with Crippen LogP contribution in [0.1, 0.15) is 11.3 Å². The summed E-state index contributed by atoms with van der Waals surface area (Å²) in [5.74, 6) is -0.484. The van der Waals surface area contributed by atoms with Crippen molar-refractivity contribution in [2.75, 3.05) is 7.11 Å². The van der Waals surface area contributed by atoms with Gasteiger partial charge in [-0.05, 0) is 17.7 Å². The van der Waals surface area contributed by atoms with E-state index in [1.54, 1.807) is 12.3 Å². The minimum Gasteiger partial charge on any atom is -0.467 e. The number of benzene rings is 1. The second kappa shape index (κ2) is 8.53. The summed E-state index contributed by atoms with van der Waals surface area (Å²) in [4.78, 5) is 27.9. The minimum absolute atomic E-state index is 0.284. The number of hydrogen-bond acceptors (Lipinski definition) is 4. The first kappa shape index (κ1) is 16.5. The van der Waals surface area contributed by atoms with Crippen LogP contribution in [-0.4, -0.2) is 30.1 Å². The highest BCUT2D eigenvalue weighted by atomic mass is 16.5. The molecule has 2 amide bonds. The molecule has 0 aliphatic carbocycles. The van der Waals surface area contributed by atoms with Crippen molar-refractivity contribution in [3.8, 4) is 0 Å². The lowest BCUT2D eigenvalue weighted by Gasteiger charge is -2.17. The smallest absolute Gasteiger partial charge is 0.328 e. The predicted molar refractivity (Wildman–Crippen MR) is 85.6 cm³/mol. The summed E-state index contributed by atoms with van der Waals surface area (Å²) in [6, 6.07) is 13.7. The van der Waals surface area contributed by atoms with E-state index < -0.39 is 18.0 Å². The summed E-state index contributed by atoms with van der Waals surface area (Å²) in [5, 5.41) is 5.31. The minimum atomic E-state index is -0.744. The Morgan fingerprint density at radius 2 is 1.87 bits per heavy atom. The lowest BCUT2D eigenvalue weighted by atomic mass is 10.1. The molecule has 6 heteroatoms. The average Bonchev–Trinajstić information content (AvgIpc) is 2.60. The molecule has 0 saturated carbocycles. The van der Waals surface area contributed by atoms with Gasteiger partial charge >= 0.3 is 12.0 Å². The topological polar surface area (TPSA) is 80.3 Å². The fourth-order valence-corrected chi connectivity index (χ4v) is 2.07. The number of urea groups is 1. The van der Waals surface area contributed by atoms with Gasteiger partial charge in [-0.15, -0.1) is 0 Å². The van der Waals surface area contributed by atoms with Gasteiger partial charge in [-0.3, -0.25) is 4.98 Å². The van der Waals surface area contributed by atoms with Crippen LogP contribution < -0.4 is 10.6 Å². The SMILES string of the molecule is COC(=O)[C@H](Cc1ccccc1)NC(=O)NCc1ccccn1. The summed E-state index contributed by atoms with van der Waals surface area (Å²) < 4.78 is 4.75. The number of nitrogens with zero attached hydrogens (tertiary/aromatic N) is 1. The summed E-state index contributed by atoms with van der Waals surface area (Å²) in [7, 11) is 1.30. The van der Waals surface area contributed by atoms with Crippen molar-refractivity contribution in [3.05, 3.63) is 66.0 Å². The molecular formula is C17H19N3O3. The molecule has 2 rings (SSSR count). The van der Waals surface area contributed by atoms with Gasteiger partial charge in [-0.2, -0.15) is 0 Å². The Bertz CT molecular complexity index is 632. The van der Waals surface area contributed by atoms with Gasteiger partial charge in [0.2, 0.25) is 0 Å². The molecule has 0 aliphatic rings. The zero-order chi connectivity index (χ0) is 16.5. The van der Waals surface area contributed by atoms with Crippen LogP contribution in [0.2, 0.25) is 0 Å². The molecule has 6 nitrogen and oxygen atoms in total. The third kappa shape index (κ3) is 5.43. The highest BCUT2D eigenvalue weighted by molar-refractivity contribution is 5.83. The van der Waals surface area contributed by atoms with E-state index in [1.165, 1.54) is 7.11 Å². The molecule has 0 aliphatic heterocycles. The maximum Gasteiger partial charge on any atom is 0.328 e. The molecule has 1 aromatic carbocycles. The van der Waals surface area contributed by atoms with Gasteiger partial charge in [0.05, 0.1) is 19.3 Å². The molecule has 0 radical (unpaired) electrons. The lowest BCUT2D eigenvalue weighted by Crippen LogP contribution is -2.47. The Hall–Kier alpha value is -2.89. The second-order valence-electron chi connectivity index (χ2n) is 4.91. The molecule has 0 fully saturated rings. The highest BCUT2D eigenvalue weighted by Crippen LogP contribution is 2.04. The number of carbonyl (C=O) groups excluding carboxylic acids is 2. The molecule has 0 bridgehead atoms. The Kier molecular flexibility index (Phi) is 6.11. The maximum atomic E-state index is 12.0. The van der Waals surface area contributed by atoms with E-state index >= 15 is 0 Å². The van der Waals surface area contributed by atoms with Gasteiger partial charge in [0.1, 0.15) is 6.04 Å². The van der Waals surface area contributed by atoms with E-state index in [1.807, 2.05) is 42.5 Å². The summed E-state index contributed by atoms with van der Waals surface area (Å²) in [6.45, 7) is 0.284. The van der Waals surface area contributed by atoms with E-state index in [-0.39, 0.29) is 6.54 Å². The fourth-order valence-electron chi connectivity index (χ4n) is 2.07. The van der Waals surface area contributed by atoms with Crippen molar-refractivity contribution in [1.29, 1.82) is 0 Å². The first-order valence-electron chi connectivity index (χ1n) is 7.25. The molecule has 1 aromatic heterocycles. The molecule has 0 spiro atoms. The monoisotopic (exact) mass is 313 g/mol. The van der Waals surface area contributed by atoms with Gasteiger partial charge in [-0.25, -0.2) is 9.59 Å². The van der Waals surface area contributed by atoms with Crippen LogP contribution in [0.3, 0.4) is 0 Å². The molecule has 120 valence electrons. The van der Waals surface area contributed by atoms with Gasteiger partial charge in [0, 0.05) is 12.6 Å². The van der Waals surface area contributed by atoms with Crippen molar-refractivity contribution in [3.63, 3.8) is 0 Å². The molecular weight excluding hydrogens is 294 g/mol. The van der Waals surface area contributed by atoms with Crippen molar-refractivity contribution in [2.45, 2.75) is 19.0 Å². The number of carbonyl (C=O) groups is 2. The van der Waals surface area contributed by atoms with Crippen molar-refractivity contribution in [1.82, 2.24) is 15.6 Å². The van der Waals surface area contributed by atoms with Crippen LogP contribution in [0, 0.1) is 0 Å². The van der Waals surface area contributed by atoms with Crippen LogP contribution in [0.25, 0.3) is 0 Å². The number of ether oxygens (including phenoxy) is 1. The molecule has 2 N–H and O–H groups in total.